The van der Waals surface area contributed by atoms with Crippen molar-refractivity contribution < 1.29 is 13.6 Å². The van der Waals surface area contributed by atoms with Gasteiger partial charge in [0.05, 0.1) is 5.56 Å². The number of aromatic nitrogens is 2. The van der Waals surface area contributed by atoms with Crippen LogP contribution in [0, 0.1) is 0 Å². The SMILES string of the molecule is CCc1ccc(-n2ccc3cc(C(=O)N4CCC(F)(F)CC4)cnc32)cc1. The van der Waals surface area contributed by atoms with Crippen molar-refractivity contribution in [1.29, 1.82) is 0 Å². The smallest absolute Gasteiger partial charge is 0.255 e. The zero-order valence-electron chi connectivity index (χ0n) is 15.2. The van der Waals surface area contributed by atoms with Crippen LogP contribution in [0.5, 0.6) is 0 Å². The van der Waals surface area contributed by atoms with Crippen LogP contribution >= 0.6 is 0 Å². The van der Waals surface area contributed by atoms with E-state index in [2.05, 4.69) is 24.0 Å². The van der Waals surface area contributed by atoms with Gasteiger partial charge in [0, 0.05) is 49.4 Å². The minimum atomic E-state index is -2.66. The second-order valence-corrected chi connectivity index (χ2v) is 6.99. The number of hydrogen-bond acceptors (Lipinski definition) is 2. The molecule has 1 aliphatic heterocycles. The molecule has 3 heterocycles. The molecule has 0 atom stereocenters. The van der Waals surface area contributed by atoms with Gasteiger partial charge in [0.15, 0.2) is 0 Å². The number of nitrogens with zero attached hydrogens (tertiary/aromatic N) is 3. The van der Waals surface area contributed by atoms with Gasteiger partial charge in [0.25, 0.3) is 11.8 Å². The summed E-state index contributed by atoms with van der Waals surface area (Å²) in [5, 5.41) is 0.850. The summed E-state index contributed by atoms with van der Waals surface area (Å²) in [6.45, 7) is 2.27. The summed E-state index contributed by atoms with van der Waals surface area (Å²) in [7, 11) is 0. The predicted molar refractivity (Wildman–Crippen MR) is 101 cm³/mol. The Balaban J connectivity index is 1.59. The lowest BCUT2D eigenvalue weighted by Crippen LogP contribution is -2.42. The first-order valence-electron chi connectivity index (χ1n) is 9.20. The number of amides is 1. The van der Waals surface area contributed by atoms with Gasteiger partial charge in [0.2, 0.25) is 0 Å². The summed E-state index contributed by atoms with van der Waals surface area (Å²) in [5.41, 5.74) is 3.47. The number of halogens is 2. The van der Waals surface area contributed by atoms with Crippen LogP contribution in [0.1, 0.15) is 35.7 Å². The third-order valence-corrected chi connectivity index (χ3v) is 5.18. The highest BCUT2D eigenvalue weighted by molar-refractivity contribution is 5.97. The number of aryl methyl sites for hydroxylation is 1. The second-order valence-electron chi connectivity index (χ2n) is 6.99. The molecule has 0 N–H and O–H groups in total. The summed E-state index contributed by atoms with van der Waals surface area (Å²) in [4.78, 5) is 18.6. The molecule has 0 radical (unpaired) electrons. The fraction of sp³-hybridized carbons (Fsp3) is 0.333. The fourth-order valence-electron chi connectivity index (χ4n) is 3.46. The van der Waals surface area contributed by atoms with Crippen LogP contribution < -0.4 is 0 Å². The number of fused-ring (bicyclic) bond motifs is 1. The normalized spacial score (nSPS) is 16.6. The number of rotatable bonds is 3. The van der Waals surface area contributed by atoms with Crippen molar-refractivity contribution in [2.75, 3.05) is 13.1 Å². The summed E-state index contributed by atoms with van der Waals surface area (Å²) in [6, 6.07) is 12.0. The monoisotopic (exact) mass is 369 g/mol. The first-order valence-corrected chi connectivity index (χ1v) is 9.20. The molecule has 0 saturated carbocycles. The van der Waals surface area contributed by atoms with Crippen molar-refractivity contribution >= 4 is 16.9 Å². The van der Waals surface area contributed by atoms with Gasteiger partial charge in [-0.05, 0) is 36.2 Å². The minimum absolute atomic E-state index is 0.0780. The Hall–Kier alpha value is -2.76. The van der Waals surface area contributed by atoms with Gasteiger partial charge in [-0.3, -0.25) is 4.79 Å². The molecule has 140 valence electrons. The van der Waals surface area contributed by atoms with Crippen molar-refractivity contribution in [2.45, 2.75) is 32.1 Å². The topological polar surface area (TPSA) is 38.1 Å². The maximum absolute atomic E-state index is 13.3. The molecule has 4 nitrogen and oxygen atoms in total. The number of carbonyl (C=O) groups excluding carboxylic acids is 1. The summed E-state index contributed by atoms with van der Waals surface area (Å²) < 4.78 is 28.6. The van der Waals surface area contributed by atoms with Gasteiger partial charge in [0.1, 0.15) is 5.65 Å². The van der Waals surface area contributed by atoms with E-state index in [-0.39, 0.29) is 31.8 Å². The first-order chi connectivity index (χ1) is 13.0. The molecular formula is C21H21F2N3O. The molecule has 1 aliphatic rings. The van der Waals surface area contributed by atoms with E-state index >= 15 is 0 Å². The van der Waals surface area contributed by atoms with Gasteiger partial charge in [-0.2, -0.15) is 0 Å². The lowest BCUT2D eigenvalue weighted by atomic mass is 10.1. The van der Waals surface area contributed by atoms with Gasteiger partial charge < -0.3 is 9.47 Å². The molecule has 4 rings (SSSR count). The fourth-order valence-corrected chi connectivity index (χ4v) is 3.46. The van der Waals surface area contributed by atoms with Crippen LogP contribution in [0.3, 0.4) is 0 Å². The lowest BCUT2D eigenvalue weighted by molar-refractivity contribution is -0.0494. The molecule has 1 fully saturated rings. The quantitative estimate of drug-likeness (QED) is 0.684. The highest BCUT2D eigenvalue weighted by Gasteiger charge is 2.35. The van der Waals surface area contributed by atoms with Gasteiger partial charge in [-0.15, -0.1) is 0 Å². The maximum atomic E-state index is 13.3. The van der Waals surface area contributed by atoms with Crippen LogP contribution in [0.4, 0.5) is 8.78 Å². The minimum Gasteiger partial charge on any atom is -0.338 e. The molecule has 0 bridgehead atoms. The van der Waals surface area contributed by atoms with E-state index < -0.39 is 5.92 Å². The molecule has 3 aromatic rings. The molecule has 27 heavy (non-hydrogen) atoms. The summed E-state index contributed by atoms with van der Waals surface area (Å²) in [6.07, 6.45) is 3.89. The molecule has 1 amide bonds. The maximum Gasteiger partial charge on any atom is 0.255 e. The second kappa shape index (κ2) is 6.76. The van der Waals surface area contributed by atoms with Crippen LogP contribution in [-0.2, 0) is 6.42 Å². The van der Waals surface area contributed by atoms with E-state index in [1.165, 1.54) is 16.7 Å². The first kappa shape index (κ1) is 17.6. The third-order valence-electron chi connectivity index (χ3n) is 5.18. The van der Waals surface area contributed by atoms with Crippen molar-refractivity contribution in [3.05, 3.63) is 59.9 Å². The molecule has 2 aromatic heterocycles. The number of carbonyl (C=O) groups is 1. The predicted octanol–water partition coefficient (Wildman–Crippen LogP) is 4.46. The molecular weight excluding hydrogens is 348 g/mol. The number of pyridine rings is 1. The number of alkyl halides is 2. The van der Waals surface area contributed by atoms with E-state index in [0.29, 0.717) is 5.56 Å². The average molecular weight is 369 g/mol. The van der Waals surface area contributed by atoms with Gasteiger partial charge in [-0.25, -0.2) is 13.8 Å². The average Bonchev–Trinajstić information content (AvgIpc) is 3.10. The number of benzene rings is 1. The largest absolute Gasteiger partial charge is 0.338 e. The van der Waals surface area contributed by atoms with E-state index in [9.17, 15) is 13.6 Å². The Labute approximate surface area is 156 Å². The Morgan fingerprint density at radius 1 is 1.15 bits per heavy atom. The van der Waals surface area contributed by atoms with Crippen molar-refractivity contribution in [3.63, 3.8) is 0 Å². The van der Waals surface area contributed by atoms with Crippen LogP contribution in [0.25, 0.3) is 16.7 Å². The van der Waals surface area contributed by atoms with Crippen LogP contribution in [0.2, 0.25) is 0 Å². The van der Waals surface area contributed by atoms with Crippen molar-refractivity contribution in [3.8, 4) is 5.69 Å². The Morgan fingerprint density at radius 3 is 2.52 bits per heavy atom. The van der Waals surface area contributed by atoms with Gasteiger partial charge in [-0.1, -0.05) is 19.1 Å². The summed E-state index contributed by atoms with van der Waals surface area (Å²) >= 11 is 0. The lowest BCUT2D eigenvalue weighted by Gasteiger charge is -2.31. The van der Waals surface area contributed by atoms with Crippen molar-refractivity contribution in [1.82, 2.24) is 14.5 Å². The standard InChI is InChI=1S/C21H21F2N3O/c1-2-15-3-5-18(6-4-15)26-10-7-16-13-17(14-24-19(16)26)20(27)25-11-8-21(22,23)9-12-25/h3-7,10,13-14H,2,8-9,11-12H2,1H3. The molecule has 0 unspecified atom stereocenters. The molecule has 0 spiro atoms. The Bertz CT molecular complexity index is 969. The van der Waals surface area contributed by atoms with E-state index in [0.717, 1.165) is 23.1 Å². The van der Waals surface area contributed by atoms with E-state index in [1.807, 2.05) is 29.0 Å². The van der Waals surface area contributed by atoms with Crippen molar-refractivity contribution in [2.24, 2.45) is 0 Å². The molecule has 6 heteroatoms. The molecule has 1 aromatic carbocycles. The number of piperidine rings is 1. The Kier molecular flexibility index (Phi) is 4.42. The highest BCUT2D eigenvalue weighted by atomic mass is 19.3. The Morgan fingerprint density at radius 2 is 1.85 bits per heavy atom. The van der Waals surface area contributed by atoms with E-state index in [4.69, 9.17) is 0 Å². The molecule has 0 aliphatic carbocycles. The van der Waals surface area contributed by atoms with E-state index in [1.54, 1.807) is 6.07 Å². The number of likely N-dealkylation sites (tertiary alicyclic amines) is 1. The van der Waals surface area contributed by atoms with Gasteiger partial charge >= 0.3 is 0 Å². The van der Waals surface area contributed by atoms with Crippen LogP contribution in [-0.4, -0.2) is 39.4 Å². The summed E-state index contributed by atoms with van der Waals surface area (Å²) in [5.74, 6) is -2.90. The van der Waals surface area contributed by atoms with Crippen LogP contribution in [0.15, 0.2) is 48.8 Å². The third kappa shape index (κ3) is 3.44. The zero-order chi connectivity index (χ0) is 19.0. The highest BCUT2D eigenvalue weighted by Crippen LogP contribution is 2.28. The number of hydrogen-bond donors (Lipinski definition) is 0. The molecule has 1 saturated heterocycles. The zero-order valence-corrected chi connectivity index (χ0v) is 15.2.